The highest BCUT2D eigenvalue weighted by Gasteiger charge is 2.31. The van der Waals surface area contributed by atoms with E-state index in [4.69, 9.17) is 0 Å². The minimum Gasteiger partial charge on any atom is -0.354 e. The molecule has 2 aliphatic heterocycles. The lowest BCUT2D eigenvalue weighted by Gasteiger charge is -2.38. The largest absolute Gasteiger partial charge is 0.354 e. The Labute approximate surface area is 114 Å². The lowest BCUT2D eigenvalue weighted by atomic mass is 9.80. The number of nitrogens with zero attached hydrogens (tertiary/aromatic N) is 1. The molecule has 2 rings (SSSR count). The van der Waals surface area contributed by atoms with Gasteiger partial charge in [-0.25, -0.2) is 0 Å². The van der Waals surface area contributed by atoms with Gasteiger partial charge in [0, 0.05) is 13.1 Å². The predicted octanol–water partition coefficient (Wildman–Crippen LogP) is -1.08. The molecule has 0 aliphatic carbocycles. The molecule has 0 bridgehead atoms. The molecule has 3 N–H and O–H groups in total. The van der Waals surface area contributed by atoms with Crippen molar-refractivity contribution < 1.29 is 9.59 Å². The van der Waals surface area contributed by atoms with E-state index < -0.39 is 0 Å². The normalized spacial score (nSPS) is 27.7. The van der Waals surface area contributed by atoms with Crippen LogP contribution in [0.1, 0.15) is 19.8 Å². The Bertz CT molecular complexity index is 341. The number of hydrogen-bond acceptors (Lipinski definition) is 4. The van der Waals surface area contributed by atoms with Crippen LogP contribution in [-0.2, 0) is 9.59 Å². The first-order valence-electron chi connectivity index (χ1n) is 6.95. The van der Waals surface area contributed by atoms with E-state index in [0.29, 0.717) is 13.1 Å². The van der Waals surface area contributed by atoms with Crippen LogP contribution < -0.4 is 16.0 Å². The molecule has 0 spiro atoms. The van der Waals surface area contributed by atoms with E-state index in [-0.39, 0.29) is 29.8 Å². The summed E-state index contributed by atoms with van der Waals surface area (Å²) in [7, 11) is 2.13. The maximum Gasteiger partial charge on any atom is 0.238 e. The Morgan fingerprint density at radius 1 is 1.47 bits per heavy atom. The van der Waals surface area contributed by atoms with Gasteiger partial charge < -0.3 is 15.5 Å². The zero-order chi connectivity index (χ0) is 13.9. The summed E-state index contributed by atoms with van der Waals surface area (Å²) in [4.78, 5) is 25.3. The Morgan fingerprint density at radius 3 is 2.74 bits per heavy atom. The van der Waals surface area contributed by atoms with Crippen molar-refractivity contribution in [3.63, 3.8) is 0 Å². The SMILES string of the molecule is CN1CCC(C)(CNC(=O)C2CNC(=O)CN2)CC1. The van der Waals surface area contributed by atoms with Crippen molar-refractivity contribution in [1.29, 1.82) is 0 Å². The van der Waals surface area contributed by atoms with Crippen molar-refractivity contribution in [2.24, 2.45) is 5.41 Å². The first-order valence-corrected chi connectivity index (χ1v) is 6.95. The van der Waals surface area contributed by atoms with Crippen molar-refractivity contribution in [2.45, 2.75) is 25.8 Å². The number of piperidine rings is 1. The number of likely N-dealkylation sites (tertiary alicyclic amines) is 1. The van der Waals surface area contributed by atoms with Crippen molar-refractivity contribution in [3.8, 4) is 0 Å². The van der Waals surface area contributed by atoms with Gasteiger partial charge in [0.05, 0.1) is 6.54 Å². The molecule has 1 atom stereocenters. The summed E-state index contributed by atoms with van der Waals surface area (Å²) in [6, 6.07) is -0.299. The Balaban J connectivity index is 1.75. The van der Waals surface area contributed by atoms with Crippen LogP contribution in [0, 0.1) is 5.41 Å². The van der Waals surface area contributed by atoms with Gasteiger partial charge >= 0.3 is 0 Å². The lowest BCUT2D eigenvalue weighted by Crippen LogP contribution is -2.58. The van der Waals surface area contributed by atoms with Gasteiger partial charge in [0.1, 0.15) is 6.04 Å². The number of nitrogens with one attached hydrogen (secondary N) is 3. The third kappa shape index (κ3) is 3.91. The van der Waals surface area contributed by atoms with E-state index in [2.05, 4.69) is 34.8 Å². The maximum absolute atomic E-state index is 12.0. The summed E-state index contributed by atoms with van der Waals surface area (Å²) >= 11 is 0. The molecule has 0 aromatic rings. The minimum absolute atomic E-state index is 0.0137. The smallest absolute Gasteiger partial charge is 0.238 e. The van der Waals surface area contributed by atoms with E-state index >= 15 is 0 Å². The maximum atomic E-state index is 12.0. The molecule has 0 aromatic carbocycles. The number of rotatable bonds is 3. The number of carbonyl (C=O) groups is 2. The van der Waals surface area contributed by atoms with Crippen LogP contribution in [0.3, 0.4) is 0 Å². The zero-order valence-corrected chi connectivity index (χ0v) is 11.8. The number of piperazine rings is 1. The quantitative estimate of drug-likeness (QED) is 0.609. The molecule has 108 valence electrons. The molecule has 0 saturated carbocycles. The fourth-order valence-electron chi connectivity index (χ4n) is 2.51. The van der Waals surface area contributed by atoms with Crippen LogP contribution in [0.15, 0.2) is 0 Å². The average molecular weight is 268 g/mol. The summed E-state index contributed by atoms with van der Waals surface area (Å²) in [5, 5.41) is 8.66. The topological polar surface area (TPSA) is 73.5 Å². The Kier molecular flexibility index (Phi) is 4.42. The second-order valence-corrected chi connectivity index (χ2v) is 6.07. The fourth-order valence-corrected chi connectivity index (χ4v) is 2.51. The monoisotopic (exact) mass is 268 g/mol. The van der Waals surface area contributed by atoms with Gasteiger partial charge in [-0.1, -0.05) is 6.92 Å². The second-order valence-electron chi connectivity index (χ2n) is 6.07. The van der Waals surface area contributed by atoms with Gasteiger partial charge in [0.15, 0.2) is 0 Å². The average Bonchev–Trinajstić information content (AvgIpc) is 2.41. The van der Waals surface area contributed by atoms with Crippen molar-refractivity contribution in [3.05, 3.63) is 0 Å². The van der Waals surface area contributed by atoms with E-state index in [9.17, 15) is 9.59 Å². The summed E-state index contributed by atoms with van der Waals surface area (Å²) in [6.07, 6.45) is 2.22. The van der Waals surface area contributed by atoms with Crippen LogP contribution in [0.5, 0.6) is 0 Å². The van der Waals surface area contributed by atoms with Crippen LogP contribution in [0.2, 0.25) is 0 Å². The summed E-state index contributed by atoms with van der Waals surface area (Å²) in [5.74, 6) is -0.0634. The van der Waals surface area contributed by atoms with E-state index in [1.54, 1.807) is 0 Å². The number of amides is 2. The third-order valence-corrected chi connectivity index (χ3v) is 4.21. The van der Waals surface area contributed by atoms with Crippen molar-refractivity contribution in [1.82, 2.24) is 20.9 Å². The van der Waals surface area contributed by atoms with Gasteiger partial charge in [-0.3, -0.25) is 14.9 Å². The van der Waals surface area contributed by atoms with Crippen molar-refractivity contribution >= 4 is 11.8 Å². The van der Waals surface area contributed by atoms with Gasteiger partial charge in [0.25, 0.3) is 0 Å². The Hall–Kier alpha value is -1.14. The van der Waals surface area contributed by atoms with Gasteiger partial charge in [-0.15, -0.1) is 0 Å². The molecular formula is C13H24N4O2. The third-order valence-electron chi connectivity index (χ3n) is 4.21. The van der Waals surface area contributed by atoms with E-state index in [1.807, 2.05) is 0 Å². The molecule has 2 fully saturated rings. The van der Waals surface area contributed by atoms with Gasteiger partial charge in [-0.05, 0) is 38.4 Å². The predicted molar refractivity (Wildman–Crippen MR) is 72.6 cm³/mol. The van der Waals surface area contributed by atoms with Crippen LogP contribution >= 0.6 is 0 Å². The molecule has 6 heteroatoms. The van der Waals surface area contributed by atoms with Gasteiger partial charge in [-0.2, -0.15) is 0 Å². The molecule has 0 radical (unpaired) electrons. The number of carbonyl (C=O) groups excluding carboxylic acids is 2. The molecule has 19 heavy (non-hydrogen) atoms. The van der Waals surface area contributed by atoms with E-state index in [0.717, 1.165) is 25.9 Å². The lowest BCUT2D eigenvalue weighted by molar-refractivity contribution is -0.127. The summed E-state index contributed by atoms with van der Waals surface area (Å²) in [6.45, 7) is 5.72. The molecule has 6 nitrogen and oxygen atoms in total. The first kappa shape index (κ1) is 14.3. The van der Waals surface area contributed by atoms with E-state index in [1.165, 1.54) is 0 Å². The highest BCUT2D eigenvalue weighted by molar-refractivity contribution is 5.86. The molecule has 2 saturated heterocycles. The summed E-state index contributed by atoms with van der Waals surface area (Å²) in [5.41, 5.74) is 0.195. The zero-order valence-electron chi connectivity index (χ0n) is 11.8. The van der Waals surface area contributed by atoms with Crippen LogP contribution in [0.4, 0.5) is 0 Å². The molecule has 2 amide bonds. The second kappa shape index (κ2) is 5.88. The van der Waals surface area contributed by atoms with Crippen LogP contribution in [0.25, 0.3) is 0 Å². The summed E-state index contributed by atoms with van der Waals surface area (Å²) < 4.78 is 0. The van der Waals surface area contributed by atoms with Crippen molar-refractivity contribution in [2.75, 3.05) is 39.8 Å². The molecule has 2 heterocycles. The standard InChI is InChI=1S/C13H24N4O2/c1-13(3-5-17(2)6-4-13)9-16-12(19)10-7-15-11(18)8-14-10/h10,14H,3-9H2,1-2H3,(H,15,18)(H,16,19). The fraction of sp³-hybridized carbons (Fsp3) is 0.846. The van der Waals surface area contributed by atoms with Crippen LogP contribution in [-0.4, -0.2) is 62.5 Å². The molecule has 1 unspecified atom stereocenters. The Morgan fingerprint density at radius 2 is 2.16 bits per heavy atom. The molecular weight excluding hydrogens is 244 g/mol. The molecule has 0 aromatic heterocycles. The highest BCUT2D eigenvalue weighted by Crippen LogP contribution is 2.29. The molecule has 2 aliphatic rings. The van der Waals surface area contributed by atoms with Gasteiger partial charge in [0.2, 0.25) is 11.8 Å². The highest BCUT2D eigenvalue weighted by atomic mass is 16.2. The minimum atomic E-state index is -0.299. The number of hydrogen-bond donors (Lipinski definition) is 3. The first-order chi connectivity index (χ1) is 8.98.